The molecule has 0 radical (unpaired) electrons. The zero-order valence-corrected chi connectivity index (χ0v) is 10.2. The Morgan fingerprint density at radius 1 is 1.53 bits per heavy atom. The van der Waals surface area contributed by atoms with E-state index in [4.69, 9.17) is 4.55 Å². The Hall–Kier alpha value is -0.370. The van der Waals surface area contributed by atoms with Crippen LogP contribution < -0.4 is 0 Å². The number of hydrogen-bond acceptors (Lipinski definition) is 5. The van der Waals surface area contributed by atoms with Crippen molar-refractivity contribution < 1.29 is 17.8 Å². The quantitative estimate of drug-likeness (QED) is 0.786. The molecule has 0 amide bonds. The van der Waals surface area contributed by atoms with Gasteiger partial charge in [-0.15, -0.1) is 23.1 Å². The number of fused-ring (bicyclic) bond motifs is 1. The van der Waals surface area contributed by atoms with E-state index in [-0.39, 0.29) is 15.2 Å². The second kappa shape index (κ2) is 3.58. The van der Waals surface area contributed by atoms with Crippen molar-refractivity contribution in [2.45, 2.75) is 27.0 Å². The van der Waals surface area contributed by atoms with Gasteiger partial charge in [0.15, 0.2) is 5.78 Å². The number of thiophene rings is 1. The van der Waals surface area contributed by atoms with E-state index in [9.17, 15) is 13.2 Å². The van der Waals surface area contributed by atoms with Crippen molar-refractivity contribution in [3.63, 3.8) is 0 Å². The molecule has 0 bridgehead atoms. The second-order valence-corrected chi connectivity index (χ2v) is 7.71. The lowest BCUT2D eigenvalue weighted by Crippen LogP contribution is -2.12. The third kappa shape index (κ3) is 2.10. The van der Waals surface area contributed by atoms with Crippen LogP contribution in [0, 0.1) is 0 Å². The highest BCUT2D eigenvalue weighted by atomic mass is 32.3. The fourth-order valence-corrected chi connectivity index (χ4v) is 4.95. The van der Waals surface area contributed by atoms with Crippen LogP contribution in [0.25, 0.3) is 0 Å². The van der Waals surface area contributed by atoms with Crippen LogP contribution in [0.1, 0.15) is 23.7 Å². The van der Waals surface area contributed by atoms with Crippen LogP contribution in [0.4, 0.5) is 0 Å². The summed E-state index contributed by atoms with van der Waals surface area (Å²) in [4.78, 5) is 11.6. The molecule has 2 rings (SSSR count). The molecule has 1 aliphatic rings. The first kappa shape index (κ1) is 11.1. The van der Waals surface area contributed by atoms with Crippen molar-refractivity contribution in [2.75, 3.05) is 0 Å². The fraction of sp³-hybridized carbons (Fsp3) is 0.375. The van der Waals surface area contributed by atoms with Gasteiger partial charge in [0.1, 0.15) is 4.21 Å². The Morgan fingerprint density at radius 3 is 2.80 bits per heavy atom. The molecule has 0 fully saturated rings. The summed E-state index contributed by atoms with van der Waals surface area (Å²) in [5.41, 5.74) is 0.427. The highest BCUT2D eigenvalue weighted by Gasteiger charge is 2.28. The molecule has 4 nitrogen and oxygen atoms in total. The molecule has 1 aromatic rings. The minimum atomic E-state index is -4.18. The van der Waals surface area contributed by atoms with Gasteiger partial charge >= 0.3 is 10.1 Å². The smallest absolute Gasteiger partial charge is 0.294 e. The van der Waals surface area contributed by atoms with E-state index in [1.165, 1.54) is 17.8 Å². The zero-order chi connectivity index (χ0) is 11.2. The molecule has 0 spiro atoms. The average Bonchev–Trinajstić information content (AvgIpc) is 2.46. The molecule has 1 atom stereocenters. The normalized spacial score (nSPS) is 21.5. The molecule has 1 aliphatic heterocycles. The third-order valence-corrected chi connectivity index (χ3v) is 5.79. The maximum absolute atomic E-state index is 11.6. The van der Waals surface area contributed by atoms with Gasteiger partial charge < -0.3 is 0 Å². The van der Waals surface area contributed by atoms with Gasteiger partial charge in [0.25, 0.3) is 0 Å². The Labute approximate surface area is 95.4 Å². The van der Waals surface area contributed by atoms with Crippen LogP contribution in [-0.4, -0.2) is 24.0 Å². The molecule has 1 N–H and O–H groups in total. The van der Waals surface area contributed by atoms with Crippen LogP contribution in [0.3, 0.4) is 0 Å². The minimum Gasteiger partial charge on any atom is -0.294 e. The lowest BCUT2D eigenvalue weighted by Gasteiger charge is -2.15. The summed E-state index contributed by atoms with van der Waals surface area (Å²) in [5.74, 6) is -0.0533. The molecule has 0 aromatic carbocycles. The molecule has 0 unspecified atom stereocenters. The van der Waals surface area contributed by atoms with Gasteiger partial charge in [0, 0.05) is 17.2 Å². The van der Waals surface area contributed by atoms with Crippen molar-refractivity contribution in [1.82, 2.24) is 0 Å². The summed E-state index contributed by atoms with van der Waals surface area (Å²) in [5, 5.41) is 0.165. The van der Waals surface area contributed by atoms with Crippen molar-refractivity contribution >= 4 is 39.0 Å². The first-order valence-electron chi connectivity index (χ1n) is 4.19. The summed E-state index contributed by atoms with van der Waals surface area (Å²) in [6.07, 6.45) is 0.416. The summed E-state index contributed by atoms with van der Waals surface area (Å²) in [6, 6.07) is 1.26. The minimum absolute atomic E-state index is 0.0533. The molecule has 2 heterocycles. The van der Waals surface area contributed by atoms with E-state index in [2.05, 4.69) is 0 Å². The van der Waals surface area contributed by atoms with Gasteiger partial charge in [-0.05, 0) is 6.07 Å². The van der Waals surface area contributed by atoms with Crippen molar-refractivity contribution in [1.29, 1.82) is 0 Å². The number of ketones is 1. The van der Waals surface area contributed by atoms with Gasteiger partial charge in [0.05, 0.1) is 4.21 Å². The van der Waals surface area contributed by atoms with Gasteiger partial charge in [-0.2, -0.15) is 8.42 Å². The van der Waals surface area contributed by atoms with E-state index in [0.717, 1.165) is 11.3 Å². The molecule has 0 aliphatic carbocycles. The van der Waals surface area contributed by atoms with E-state index < -0.39 is 10.1 Å². The summed E-state index contributed by atoms with van der Waals surface area (Å²) < 4.78 is 31.2. The number of thioether (sulfide) groups is 1. The number of hydrogen-bond donors (Lipinski definition) is 1. The molecule has 0 saturated carbocycles. The number of carbonyl (C=O) groups is 1. The van der Waals surface area contributed by atoms with E-state index in [0.29, 0.717) is 16.2 Å². The average molecular weight is 264 g/mol. The number of carbonyl (C=O) groups excluding carboxylic acids is 1. The fourth-order valence-electron chi connectivity index (χ4n) is 1.36. The van der Waals surface area contributed by atoms with Crippen molar-refractivity contribution in [3.05, 3.63) is 11.6 Å². The van der Waals surface area contributed by atoms with Crippen LogP contribution >= 0.6 is 23.1 Å². The van der Waals surface area contributed by atoms with Gasteiger partial charge in [0.2, 0.25) is 0 Å². The topological polar surface area (TPSA) is 71.4 Å². The zero-order valence-electron chi connectivity index (χ0n) is 7.76. The van der Waals surface area contributed by atoms with Crippen LogP contribution in [0.15, 0.2) is 14.5 Å². The molecule has 15 heavy (non-hydrogen) atoms. The van der Waals surface area contributed by atoms with Crippen LogP contribution in [0.2, 0.25) is 0 Å². The Balaban J connectivity index is 2.53. The Kier molecular flexibility index (Phi) is 2.66. The van der Waals surface area contributed by atoms with Crippen LogP contribution in [0.5, 0.6) is 0 Å². The first-order valence-corrected chi connectivity index (χ1v) is 7.32. The highest BCUT2D eigenvalue weighted by Crippen LogP contribution is 2.41. The lowest BCUT2D eigenvalue weighted by molar-refractivity contribution is 0.0979. The van der Waals surface area contributed by atoms with E-state index in [1.807, 2.05) is 6.92 Å². The predicted octanol–water partition coefficient (Wildman–Crippen LogP) is 2.06. The van der Waals surface area contributed by atoms with E-state index in [1.54, 1.807) is 0 Å². The van der Waals surface area contributed by atoms with Gasteiger partial charge in [-0.1, -0.05) is 6.92 Å². The molecule has 7 heteroatoms. The molecular weight excluding hydrogens is 256 g/mol. The molecule has 1 aromatic heterocycles. The molecule has 82 valence electrons. The van der Waals surface area contributed by atoms with Gasteiger partial charge in [-0.3, -0.25) is 9.35 Å². The number of rotatable bonds is 1. The Bertz CT molecular complexity index is 514. The third-order valence-electron chi connectivity index (χ3n) is 2.01. The lowest BCUT2D eigenvalue weighted by atomic mass is 10.1. The standard InChI is InChI=1S/C8H8O4S3/c1-4-2-6(9)5-3-7(15(10,11)12)14-8(5)13-4/h3-4H,2H2,1H3,(H,10,11,12)/t4-/m1/s1. The Morgan fingerprint density at radius 2 is 2.20 bits per heavy atom. The molecular formula is C8H8O4S3. The summed E-state index contributed by atoms with van der Waals surface area (Å²) >= 11 is 2.43. The largest absolute Gasteiger partial charge is 0.304 e. The highest BCUT2D eigenvalue weighted by molar-refractivity contribution is 8.02. The SMILES string of the molecule is C[C@@H]1CC(=O)c2cc(S(=O)(=O)O)sc2S1. The first-order chi connectivity index (χ1) is 6.88. The van der Waals surface area contributed by atoms with Gasteiger partial charge in [-0.25, -0.2) is 0 Å². The van der Waals surface area contributed by atoms with Crippen LogP contribution in [-0.2, 0) is 10.1 Å². The molecule has 0 saturated heterocycles. The predicted molar refractivity (Wildman–Crippen MR) is 58.4 cm³/mol. The number of Topliss-reactive ketones (excluding diaryl/α,β-unsaturated/α-hetero) is 1. The summed E-state index contributed by atoms with van der Waals surface area (Å²) in [7, 11) is -4.18. The summed E-state index contributed by atoms with van der Waals surface area (Å²) in [6.45, 7) is 1.92. The van der Waals surface area contributed by atoms with Crippen molar-refractivity contribution in [3.8, 4) is 0 Å². The maximum Gasteiger partial charge on any atom is 0.304 e. The van der Waals surface area contributed by atoms with E-state index >= 15 is 0 Å². The maximum atomic E-state index is 11.6. The second-order valence-electron chi connectivity index (χ2n) is 3.30. The monoisotopic (exact) mass is 264 g/mol. The van der Waals surface area contributed by atoms with Crippen molar-refractivity contribution in [2.24, 2.45) is 0 Å².